The van der Waals surface area contributed by atoms with Gasteiger partial charge in [-0.2, -0.15) is 5.10 Å². The van der Waals surface area contributed by atoms with Crippen LogP contribution in [0.3, 0.4) is 0 Å². The number of H-pyrrole nitrogens is 1. The second-order valence-corrected chi connectivity index (χ2v) is 3.92. The van der Waals surface area contributed by atoms with Crippen molar-refractivity contribution in [3.8, 4) is 0 Å². The maximum atomic E-state index is 11.8. The molecule has 2 N–H and O–H groups in total. The molecule has 2 heterocycles. The van der Waals surface area contributed by atoms with E-state index in [2.05, 4.69) is 20.5 Å². The van der Waals surface area contributed by atoms with Crippen molar-refractivity contribution in [3.05, 3.63) is 41.3 Å². The first-order valence-electron chi connectivity index (χ1n) is 5.37. The van der Waals surface area contributed by atoms with E-state index in [4.69, 9.17) is 0 Å². The molecule has 17 heavy (non-hydrogen) atoms. The van der Waals surface area contributed by atoms with Gasteiger partial charge in [0.1, 0.15) is 5.82 Å². The zero-order chi connectivity index (χ0) is 12.3. The number of amides is 1. The number of aromatic amines is 1. The number of carbonyl (C=O) groups excluding carboxylic acids is 1. The number of hydrogen-bond donors (Lipinski definition) is 2. The number of nitrogens with one attached hydrogen (secondary N) is 2. The topological polar surface area (TPSA) is 70.7 Å². The Morgan fingerprint density at radius 1 is 1.41 bits per heavy atom. The van der Waals surface area contributed by atoms with Crippen LogP contribution in [0.25, 0.3) is 0 Å². The van der Waals surface area contributed by atoms with E-state index in [1.807, 2.05) is 26.0 Å². The predicted molar refractivity (Wildman–Crippen MR) is 64.6 cm³/mol. The van der Waals surface area contributed by atoms with Crippen molar-refractivity contribution < 1.29 is 4.79 Å². The number of nitrogens with zero attached hydrogens (tertiary/aromatic N) is 2. The second-order valence-electron chi connectivity index (χ2n) is 3.92. The average molecular weight is 230 g/mol. The monoisotopic (exact) mass is 230 g/mol. The van der Waals surface area contributed by atoms with Gasteiger partial charge in [-0.1, -0.05) is 6.07 Å². The number of rotatable bonds is 3. The van der Waals surface area contributed by atoms with Crippen LogP contribution >= 0.6 is 0 Å². The quantitative estimate of drug-likeness (QED) is 0.841. The van der Waals surface area contributed by atoms with Gasteiger partial charge in [0.25, 0.3) is 0 Å². The average Bonchev–Trinajstić information content (AvgIpc) is 2.68. The summed E-state index contributed by atoms with van der Waals surface area (Å²) in [6.45, 7) is 3.82. The fraction of sp³-hybridized carbons (Fsp3) is 0.250. The minimum absolute atomic E-state index is 0.0980. The second kappa shape index (κ2) is 4.78. The molecule has 2 aromatic heterocycles. The summed E-state index contributed by atoms with van der Waals surface area (Å²) >= 11 is 0. The molecule has 0 aromatic carbocycles. The van der Waals surface area contributed by atoms with Gasteiger partial charge in [0.15, 0.2) is 0 Å². The Morgan fingerprint density at radius 3 is 2.88 bits per heavy atom. The van der Waals surface area contributed by atoms with Crippen LogP contribution in [0, 0.1) is 13.8 Å². The van der Waals surface area contributed by atoms with Gasteiger partial charge in [0.05, 0.1) is 18.3 Å². The molecule has 0 aliphatic heterocycles. The molecule has 0 radical (unpaired) electrons. The highest BCUT2D eigenvalue weighted by atomic mass is 16.1. The maximum Gasteiger partial charge on any atom is 0.231 e. The van der Waals surface area contributed by atoms with Crippen LogP contribution < -0.4 is 5.32 Å². The van der Waals surface area contributed by atoms with E-state index in [9.17, 15) is 4.79 Å². The summed E-state index contributed by atoms with van der Waals surface area (Å²) in [4.78, 5) is 16.0. The molecule has 0 aliphatic carbocycles. The Balaban J connectivity index is 2.03. The van der Waals surface area contributed by atoms with Crippen LogP contribution in [0.2, 0.25) is 0 Å². The maximum absolute atomic E-state index is 11.8. The number of pyridine rings is 1. The normalized spacial score (nSPS) is 10.2. The van der Waals surface area contributed by atoms with Gasteiger partial charge in [-0.15, -0.1) is 0 Å². The minimum atomic E-state index is -0.0980. The summed E-state index contributed by atoms with van der Waals surface area (Å²) < 4.78 is 0. The standard InChI is InChI=1S/C12H14N4O/c1-8-4-3-5-13-10(8)6-11(17)15-12-9(2)7-14-16-12/h3-5,7H,6H2,1-2H3,(H2,14,15,16,17). The molecule has 0 spiro atoms. The highest BCUT2D eigenvalue weighted by Crippen LogP contribution is 2.10. The van der Waals surface area contributed by atoms with E-state index >= 15 is 0 Å². The van der Waals surface area contributed by atoms with Crippen LogP contribution in [0.5, 0.6) is 0 Å². The SMILES string of the molecule is Cc1cccnc1CC(=O)Nc1[nH]ncc1C. The lowest BCUT2D eigenvalue weighted by atomic mass is 10.1. The Morgan fingerprint density at radius 2 is 2.24 bits per heavy atom. The van der Waals surface area contributed by atoms with Gasteiger partial charge < -0.3 is 5.32 Å². The van der Waals surface area contributed by atoms with Crippen LogP contribution in [0.4, 0.5) is 5.82 Å². The van der Waals surface area contributed by atoms with E-state index in [-0.39, 0.29) is 12.3 Å². The van der Waals surface area contributed by atoms with Gasteiger partial charge in [-0.05, 0) is 25.5 Å². The van der Waals surface area contributed by atoms with Crippen molar-refractivity contribution in [2.75, 3.05) is 5.32 Å². The summed E-state index contributed by atoms with van der Waals surface area (Å²) in [6, 6.07) is 3.80. The van der Waals surface area contributed by atoms with Crippen molar-refractivity contribution in [1.29, 1.82) is 0 Å². The fourth-order valence-electron chi connectivity index (χ4n) is 1.51. The zero-order valence-electron chi connectivity index (χ0n) is 9.82. The molecule has 0 saturated heterocycles. The van der Waals surface area contributed by atoms with Crippen LogP contribution in [0.1, 0.15) is 16.8 Å². The van der Waals surface area contributed by atoms with Crippen LogP contribution in [-0.4, -0.2) is 21.1 Å². The van der Waals surface area contributed by atoms with Gasteiger partial charge in [0.2, 0.25) is 5.91 Å². The molecule has 2 aromatic rings. The molecule has 5 nitrogen and oxygen atoms in total. The third-order valence-electron chi connectivity index (χ3n) is 2.54. The number of aromatic nitrogens is 3. The minimum Gasteiger partial charge on any atom is -0.311 e. The summed E-state index contributed by atoms with van der Waals surface area (Å²) in [5, 5.41) is 9.35. The highest BCUT2D eigenvalue weighted by molar-refractivity contribution is 5.91. The first kappa shape index (κ1) is 11.3. The molecule has 2 rings (SSSR count). The highest BCUT2D eigenvalue weighted by Gasteiger charge is 2.09. The summed E-state index contributed by atoms with van der Waals surface area (Å²) in [6.07, 6.45) is 3.63. The molecule has 0 unspecified atom stereocenters. The molecule has 88 valence electrons. The molecule has 0 aliphatic rings. The Hall–Kier alpha value is -2.17. The molecule has 1 amide bonds. The van der Waals surface area contributed by atoms with Crippen LogP contribution in [-0.2, 0) is 11.2 Å². The third-order valence-corrected chi connectivity index (χ3v) is 2.54. The molecule has 0 fully saturated rings. The number of hydrogen-bond acceptors (Lipinski definition) is 3. The lowest BCUT2D eigenvalue weighted by Crippen LogP contribution is -2.16. The molecule has 0 atom stereocenters. The lowest BCUT2D eigenvalue weighted by molar-refractivity contribution is -0.115. The lowest BCUT2D eigenvalue weighted by Gasteiger charge is -2.05. The van der Waals surface area contributed by atoms with E-state index in [0.717, 1.165) is 16.8 Å². The van der Waals surface area contributed by atoms with Gasteiger partial charge in [-0.25, -0.2) is 0 Å². The third kappa shape index (κ3) is 2.69. The van der Waals surface area contributed by atoms with Crippen molar-refractivity contribution in [2.45, 2.75) is 20.3 Å². The van der Waals surface area contributed by atoms with Crippen molar-refractivity contribution in [3.63, 3.8) is 0 Å². The van der Waals surface area contributed by atoms with Gasteiger partial charge in [0, 0.05) is 11.8 Å². The zero-order valence-corrected chi connectivity index (χ0v) is 9.82. The molecule has 0 saturated carbocycles. The van der Waals surface area contributed by atoms with Crippen molar-refractivity contribution in [2.24, 2.45) is 0 Å². The molecular weight excluding hydrogens is 216 g/mol. The first-order valence-corrected chi connectivity index (χ1v) is 5.37. The van der Waals surface area contributed by atoms with Crippen LogP contribution in [0.15, 0.2) is 24.5 Å². The van der Waals surface area contributed by atoms with E-state index in [1.165, 1.54) is 0 Å². The summed E-state index contributed by atoms with van der Waals surface area (Å²) in [7, 11) is 0. The number of aryl methyl sites for hydroxylation is 2. The summed E-state index contributed by atoms with van der Waals surface area (Å²) in [5.74, 6) is 0.544. The Bertz CT molecular complexity index is 533. The molecule has 5 heteroatoms. The van der Waals surface area contributed by atoms with Gasteiger partial charge >= 0.3 is 0 Å². The van der Waals surface area contributed by atoms with Crippen molar-refractivity contribution >= 4 is 11.7 Å². The predicted octanol–water partition coefficient (Wildman–Crippen LogP) is 1.60. The number of anilines is 1. The smallest absolute Gasteiger partial charge is 0.231 e. The van der Waals surface area contributed by atoms with E-state index in [0.29, 0.717) is 5.82 Å². The Labute approximate surface area is 99.3 Å². The molecular formula is C12H14N4O. The largest absolute Gasteiger partial charge is 0.311 e. The van der Waals surface area contributed by atoms with Gasteiger partial charge in [-0.3, -0.25) is 14.9 Å². The molecule has 0 bridgehead atoms. The summed E-state index contributed by atoms with van der Waals surface area (Å²) in [5.41, 5.74) is 2.72. The van der Waals surface area contributed by atoms with E-state index < -0.39 is 0 Å². The Kier molecular flexibility index (Phi) is 3.18. The fourth-order valence-corrected chi connectivity index (χ4v) is 1.51. The van der Waals surface area contributed by atoms with E-state index in [1.54, 1.807) is 12.4 Å². The number of carbonyl (C=O) groups is 1. The first-order chi connectivity index (χ1) is 8.16. The van der Waals surface area contributed by atoms with Crippen molar-refractivity contribution in [1.82, 2.24) is 15.2 Å².